The summed E-state index contributed by atoms with van der Waals surface area (Å²) in [6.07, 6.45) is 2.61. The standard InChI is InChI=1S/C14H14N2O3/c1-2-10(14(18)19)16-7-8-6-12(17)15-9-4-3-5-11(16)13(8)9/h3-5,7,10H,2,6H2,1H3,(H,15,17)(H,18,19). The molecule has 19 heavy (non-hydrogen) atoms. The van der Waals surface area contributed by atoms with Crippen LogP contribution in [0.25, 0.3) is 10.9 Å². The van der Waals surface area contributed by atoms with Crippen LogP contribution in [0, 0.1) is 0 Å². The van der Waals surface area contributed by atoms with Gasteiger partial charge in [0.05, 0.1) is 17.6 Å². The molecule has 1 aliphatic heterocycles. The number of nitrogens with zero attached hydrogens (tertiary/aromatic N) is 1. The molecule has 0 spiro atoms. The van der Waals surface area contributed by atoms with E-state index in [1.807, 2.05) is 25.1 Å². The second-order valence-electron chi connectivity index (χ2n) is 4.75. The second-order valence-corrected chi connectivity index (χ2v) is 4.75. The van der Waals surface area contributed by atoms with Gasteiger partial charge in [-0.1, -0.05) is 13.0 Å². The third kappa shape index (κ3) is 1.69. The molecular formula is C14H14N2O3. The fourth-order valence-electron chi connectivity index (χ4n) is 2.75. The maximum absolute atomic E-state index is 11.6. The van der Waals surface area contributed by atoms with Crippen molar-refractivity contribution in [2.75, 3.05) is 5.32 Å². The number of hydrogen-bond acceptors (Lipinski definition) is 2. The van der Waals surface area contributed by atoms with Gasteiger partial charge in [-0.15, -0.1) is 0 Å². The molecule has 0 fully saturated rings. The summed E-state index contributed by atoms with van der Waals surface area (Å²) in [6, 6.07) is 4.97. The van der Waals surface area contributed by atoms with E-state index in [1.54, 1.807) is 10.8 Å². The molecule has 5 nitrogen and oxygen atoms in total. The number of aliphatic carboxylic acids is 1. The second kappa shape index (κ2) is 4.12. The average molecular weight is 258 g/mol. The zero-order valence-electron chi connectivity index (χ0n) is 10.5. The van der Waals surface area contributed by atoms with E-state index in [9.17, 15) is 14.7 Å². The molecule has 0 bridgehead atoms. The van der Waals surface area contributed by atoms with Crippen molar-refractivity contribution in [3.05, 3.63) is 30.0 Å². The number of carboxylic acid groups (broad SMARTS) is 1. The Labute approximate surface area is 109 Å². The van der Waals surface area contributed by atoms with Crippen molar-refractivity contribution in [2.45, 2.75) is 25.8 Å². The van der Waals surface area contributed by atoms with E-state index in [0.29, 0.717) is 12.8 Å². The highest BCUT2D eigenvalue weighted by atomic mass is 16.4. The minimum Gasteiger partial charge on any atom is -0.480 e. The van der Waals surface area contributed by atoms with Crippen molar-refractivity contribution >= 4 is 28.5 Å². The summed E-state index contributed by atoms with van der Waals surface area (Å²) in [6.45, 7) is 1.84. The summed E-state index contributed by atoms with van der Waals surface area (Å²) in [5.41, 5.74) is 2.53. The first-order valence-electron chi connectivity index (χ1n) is 6.27. The molecule has 1 aromatic carbocycles. The predicted molar refractivity (Wildman–Crippen MR) is 71.2 cm³/mol. The van der Waals surface area contributed by atoms with Crippen LogP contribution >= 0.6 is 0 Å². The van der Waals surface area contributed by atoms with Crippen LogP contribution in [0.4, 0.5) is 5.69 Å². The lowest BCUT2D eigenvalue weighted by molar-refractivity contribution is -0.140. The lowest BCUT2D eigenvalue weighted by Gasteiger charge is -2.14. The van der Waals surface area contributed by atoms with E-state index in [2.05, 4.69) is 5.32 Å². The number of amides is 1. The number of carbonyl (C=O) groups is 2. The van der Waals surface area contributed by atoms with E-state index in [0.717, 1.165) is 22.2 Å². The lowest BCUT2D eigenvalue weighted by Crippen LogP contribution is -2.18. The Morgan fingerprint density at radius 2 is 2.32 bits per heavy atom. The minimum absolute atomic E-state index is 0.0545. The monoisotopic (exact) mass is 258 g/mol. The third-order valence-electron chi connectivity index (χ3n) is 3.57. The van der Waals surface area contributed by atoms with Crippen LogP contribution < -0.4 is 5.32 Å². The molecule has 98 valence electrons. The Balaban J connectivity index is 2.27. The molecule has 5 heteroatoms. The van der Waals surface area contributed by atoms with Gasteiger partial charge in [0, 0.05) is 11.6 Å². The van der Waals surface area contributed by atoms with Gasteiger partial charge in [-0.05, 0) is 24.1 Å². The molecule has 1 aromatic heterocycles. The molecule has 0 radical (unpaired) electrons. The van der Waals surface area contributed by atoms with Crippen molar-refractivity contribution in [3.8, 4) is 0 Å². The third-order valence-corrected chi connectivity index (χ3v) is 3.57. The largest absolute Gasteiger partial charge is 0.480 e. The van der Waals surface area contributed by atoms with E-state index in [1.165, 1.54) is 0 Å². The van der Waals surface area contributed by atoms with Crippen LogP contribution in [0.1, 0.15) is 24.9 Å². The van der Waals surface area contributed by atoms with E-state index in [-0.39, 0.29) is 5.91 Å². The smallest absolute Gasteiger partial charge is 0.326 e. The molecule has 2 aromatic rings. The van der Waals surface area contributed by atoms with E-state index in [4.69, 9.17) is 0 Å². The Morgan fingerprint density at radius 3 is 3.00 bits per heavy atom. The molecule has 1 aliphatic rings. The number of nitrogens with one attached hydrogen (secondary N) is 1. The zero-order valence-corrected chi connectivity index (χ0v) is 10.5. The number of rotatable bonds is 3. The van der Waals surface area contributed by atoms with Crippen LogP contribution in [0.5, 0.6) is 0 Å². The highest BCUT2D eigenvalue weighted by Crippen LogP contribution is 2.34. The molecule has 1 unspecified atom stereocenters. The van der Waals surface area contributed by atoms with Crippen LogP contribution in [-0.2, 0) is 16.0 Å². The van der Waals surface area contributed by atoms with Crippen molar-refractivity contribution < 1.29 is 14.7 Å². The van der Waals surface area contributed by atoms with Crippen LogP contribution in [-0.4, -0.2) is 21.6 Å². The maximum Gasteiger partial charge on any atom is 0.326 e. The van der Waals surface area contributed by atoms with Gasteiger partial charge >= 0.3 is 5.97 Å². The number of carboxylic acids is 1. The molecule has 0 aliphatic carbocycles. The summed E-state index contributed by atoms with van der Waals surface area (Å²) >= 11 is 0. The summed E-state index contributed by atoms with van der Waals surface area (Å²) in [5.74, 6) is -0.906. The normalized spacial score (nSPS) is 15.3. The van der Waals surface area contributed by atoms with Crippen molar-refractivity contribution in [1.82, 2.24) is 4.57 Å². The van der Waals surface area contributed by atoms with Crippen LogP contribution in [0.2, 0.25) is 0 Å². The summed E-state index contributed by atoms with van der Waals surface area (Å²) < 4.78 is 1.76. The number of hydrogen-bond donors (Lipinski definition) is 2. The summed E-state index contributed by atoms with van der Waals surface area (Å²) in [7, 11) is 0. The Morgan fingerprint density at radius 1 is 1.53 bits per heavy atom. The van der Waals surface area contributed by atoms with Gasteiger partial charge in [-0.3, -0.25) is 4.79 Å². The zero-order chi connectivity index (χ0) is 13.6. The quantitative estimate of drug-likeness (QED) is 0.886. The van der Waals surface area contributed by atoms with Gasteiger partial charge in [-0.2, -0.15) is 0 Å². The van der Waals surface area contributed by atoms with Crippen LogP contribution in [0.15, 0.2) is 24.4 Å². The van der Waals surface area contributed by atoms with Crippen molar-refractivity contribution in [1.29, 1.82) is 0 Å². The summed E-state index contributed by atoms with van der Waals surface area (Å²) in [4.78, 5) is 22.9. The van der Waals surface area contributed by atoms with Gasteiger partial charge in [0.25, 0.3) is 0 Å². The number of benzene rings is 1. The lowest BCUT2D eigenvalue weighted by atomic mass is 10.0. The Kier molecular flexibility index (Phi) is 2.55. The predicted octanol–water partition coefficient (Wildman–Crippen LogP) is 2.17. The molecule has 0 saturated heterocycles. The number of anilines is 1. The minimum atomic E-state index is -0.852. The van der Waals surface area contributed by atoms with Gasteiger partial charge in [0.2, 0.25) is 5.91 Å². The molecule has 3 rings (SSSR count). The van der Waals surface area contributed by atoms with Crippen molar-refractivity contribution in [3.63, 3.8) is 0 Å². The fourth-order valence-corrected chi connectivity index (χ4v) is 2.75. The highest BCUT2D eigenvalue weighted by molar-refractivity contribution is 6.09. The number of aromatic nitrogens is 1. The van der Waals surface area contributed by atoms with Gasteiger partial charge in [0.1, 0.15) is 6.04 Å². The fraction of sp³-hybridized carbons (Fsp3) is 0.286. The average Bonchev–Trinajstić information content (AvgIpc) is 2.70. The molecule has 2 N–H and O–H groups in total. The Hall–Kier alpha value is -2.30. The molecular weight excluding hydrogens is 244 g/mol. The molecule has 0 saturated carbocycles. The topological polar surface area (TPSA) is 71.3 Å². The van der Waals surface area contributed by atoms with E-state index >= 15 is 0 Å². The summed E-state index contributed by atoms with van der Waals surface area (Å²) in [5, 5.41) is 13.1. The first-order chi connectivity index (χ1) is 9.11. The van der Waals surface area contributed by atoms with Gasteiger partial charge in [-0.25, -0.2) is 4.79 Å². The first kappa shape index (κ1) is 11.8. The number of carbonyl (C=O) groups excluding carboxylic acids is 1. The maximum atomic E-state index is 11.6. The highest BCUT2D eigenvalue weighted by Gasteiger charge is 2.25. The molecule has 1 amide bonds. The molecule has 1 atom stereocenters. The van der Waals surface area contributed by atoms with Gasteiger partial charge in [0.15, 0.2) is 0 Å². The van der Waals surface area contributed by atoms with Crippen LogP contribution in [0.3, 0.4) is 0 Å². The van der Waals surface area contributed by atoms with Gasteiger partial charge < -0.3 is 15.0 Å². The Bertz CT molecular complexity index is 687. The first-order valence-corrected chi connectivity index (χ1v) is 6.27. The van der Waals surface area contributed by atoms with Crippen molar-refractivity contribution in [2.24, 2.45) is 0 Å². The SMILES string of the molecule is CCC(C(=O)O)n1cc2c3c(cccc31)NC(=O)C2. The van der Waals surface area contributed by atoms with E-state index < -0.39 is 12.0 Å². The molecule has 2 heterocycles.